The van der Waals surface area contributed by atoms with Gasteiger partial charge in [0.1, 0.15) is 11.7 Å². The van der Waals surface area contributed by atoms with Crippen LogP contribution in [0, 0.1) is 22.7 Å². The summed E-state index contributed by atoms with van der Waals surface area (Å²) >= 11 is 0. The van der Waals surface area contributed by atoms with Crippen molar-refractivity contribution in [2.75, 3.05) is 6.61 Å². The first-order valence-electron chi connectivity index (χ1n) is 11.1. The molecule has 0 aromatic heterocycles. The second-order valence-electron chi connectivity index (χ2n) is 10.5. The summed E-state index contributed by atoms with van der Waals surface area (Å²) in [6, 6.07) is 0. The van der Waals surface area contributed by atoms with E-state index in [9.17, 15) is 14.4 Å². The maximum Gasteiger partial charge on any atom is 0.312 e. The summed E-state index contributed by atoms with van der Waals surface area (Å²) in [6.07, 6.45) is 6.16. The van der Waals surface area contributed by atoms with Gasteiger partial charge in [0.25, 0.3) is 0 Å². The predicted octanol–water partition coefficient (Wildman–Crippen LogP) is 4.19. The Bertz CT molecular complexity index is 650. The Kier molecular flexibility index (Phi) is 6.03. The lowest BCUT2D eigenvalue weighted by Gasteiger charge is -2.38. The first kappa shape index (κ1) is 22.1. The molecule has 164 valence electrons. The summed E-state index contributed by atoms with van der Waals surface area (Å²) in [5.74, 6) is 0.0841. The molecule has 0 aromatic rings. The molecule has 3 rings (SSSR count). The van der Waals surface area contributed by atoms with Crippen LogP contribution in [0.1, 0.15) is 86.0 Å². The van der Waals surface area contributed by atoms with Gasteiger partial charge in [-0.25, -0.2) is 0 Å². The molecule has 0 spiro atoms. The Morgan fingerprint density at radius 2 is 1.69 bits per heavy atom. The Hall–Kier alpha value is -1.59. The van der Waals surface area contributed by atoms with Gasteiger partial charge in [-0.05, 0) is 78.1 Å². The Morgan fingerprint density at radius 1 is 1.10 bits per heavy atom. The molecule has 29 heavy (non-hydrogen) atoms. The Labute approximate surface area is 174 Å². The zero-order valence-corrected chi connectivity index (χ0v) is 18.5. The number of carbonyl (C=O) groups excluding carboxylic acids is 3. The Morgan fingerprint density at radius 3 is 2.21 bits per heavy atom. The summed E-state index contributed by atoms with van der Waals surface area (Å²) < 4.78 is 16.7. The Balaban J connectivity index is 1.64. The van der Waals surface area contributed by atoms with Crippen molar-refractivity contribution in [2.45, 2.75) is 97.7 Å². The molecule has 2 atom stereocenters. The molecule has 2 saturated carbocycles. The van der Waals surface area contributed by atoms with Crippen molar-refractivity contribution in [1.29, 1.82) is 0 Å². The van der Waals surface area contributed by atoms with Crippen LogP contribution in [0.25, 0.3) is 0 Å². The van der Waals surface area contributed by atoms with Crippen LogP contribution in [0.3, 0.4) is 0 Å². The van der Waals surface area contributed by atoms with E-state index in [2.05, 4.69) is 0 Å². The summed E-state index contributed by atoms with van der Waals surface area (Å²) in [5, 5.41) is 0. The van der Waals surface area contributed by atoms with Crippen LogP contribution in [0.2, 0.25) is 0 Å². The van der Waals surface area contributed by atoms with Gasteiger partial charge in [0, 0.05) is 6.42 Å². The number of fused-ring (bicyclic) bond motifs is 2. The van der Waals surface area contributed by atoms with Crippen LogP contribution < -0.4 is 0 Å². The van der Waals surface area contributed by atoms with E-state index in [4.69, 9.17) is 14.2 Å². The molecule has 6 nitrogen and oxygen atoms in total. The SMILES string of the molecule is CCC(C)(CC(C)(C)C(=O)OC1(C)CCOC(=O)C1)C(=O)OC1C2CCC1CC2. The molecule has 6 heteroatoms. The highest BCUT2D eigenvalue weighted by atomic mass is 16.6. The van der Waals surface area contributed by atoms with E-state index in [-0.39, 0.29) is 37.0 Å². The van der Waals surface area contributed by atoms with Gasteiger partial charge in [-0.15, -0.1) is 0 Å². The molecule has 0 amide bonds. The quantitative estimate of drug-likeness (QED) is 0.464. The van der Waals surface area contributed by atoms with Gasteiger partial charge in [-0.2, -0.15) is 0 Å². The second-order valence-corrected chi connectivity index (χ2v) is 10.5. The zero-order valence-electron chi connectivity index (χ0n) is 18.5. The van der Waals surface area contributed by atoms with Crippen LogP contribution >= 0.6 is 0 Å². The topological polar surface area (TPSA) is 78.9 Å². The van der Waals surface area contributed by atoms with Gasteiger partial charge in [0.15, 0.2) is 0 Å². The molecular formula is C23H36O6. The van der Waals surface area contributed by atoms with Crippen LogP contribution in [-0.4, -0.2) is 36.2 Å². The highest BCUT2D eigenvalue weighted by molar-refractivity contribution is 5.81. The maximum atomic E-state index is 13.1. The van der Waals surface area contributed by atoms with Crippen molar-refractivity contribution in [2.24, 2.45) is 22.7 Å². The van der Waals surface area contributed by atoms with Crippen LogP contribution in [0.5, 0.6) is 0 Å². The zero-order chi connectivity index (χ0) is 21.4. The number of esters is 3. The first-order chi connectivity index (χ1) is 13.5. The third-order valence-corrected chi connectivity index (χ3v) is 7.40. The standard InChI is InChI=1S/C23H36O6/c1-6-22(4,20(26)28-18-15-7-8-16(18)10-9-15)14-21(2,3)19(25)29-23(5)11-12-27-17(24)13-23/h15-16,18H,6-14H2,1-5H3. The lowest BCUT2D eigenvalue weighted by molar-refractivity contribution is -0.184. The fraction of sp³-hybridized carbons (Fsp3) is 0.870. The number of rotatable bonds is 7. The van der Waals surface area contributed by atoms with Crippen molar-refractivity contribution < 1.29 is 28.6 Å². The van der Waals surface area contributed by atoms with E-state index in [1.807, 2.05) is 13.8 Å². The number of hydrogen-bond acceptors (Lipinski definition) is 6. The van der Waals surface area contributed by atoms with Crippen molar-refractivity contribution in [1.82, 2.24) is 0 Å². The average Bonchev–Trinajstić information content (AvgIpc) is 3.19. The van der Waals surface area contributed by atoms with E-state index in [1.165, 1.54) is 0 Å². The van der Waals surface area contributed by atoms with Crippen molar-refractivity contribution in [3.05, 3.63) is 0 Å². The molecular weight excluding hydrogens is 372 g/mol. The molecule has 2 aliphatic carbocycles. The smallest absolute Gasteiger partial charge is 0.312 e. The van der Waals surface area contributed by atoms with Gasteiger partial charge < -0.3 is 14.2 Å². The molecule has 2 bridgehead atoms. The van der Waals surface area contributed by atoms with Gasteiger partial charge >= 0.3 is 17.9 Å². The third kappa shape index (κ3) is 4.61. The highest BCUT2D eigenvalue weighted by Gasteiger charge is 2.49. The number of ether oxygens (including phenoxy) is 3. The largest absolute Gasteiger partial charge is 0.465 e. The molecule has 0 radical (unpaired) electrons. The molecule has 1 heterocycles. The van der Waals surface area contributed by atoms with Crippen molar-refractivity contribution in [3.8, 4) is 0 Å². The van der Waals surface area contributed by atoms with Crippen LogP contribution in [0.4, 0.5) is 0 Å². The molecule has 2 unspecified atom stereocenters. The second kappa shape index (κ2) is 7.92. The van der Waals surface area contributed by atoms with E-state index in [1.54, 1.807) is 20.8 Å². The van der Waals surface area contributed by atoms with E-state index >= 15 is 0 Å². The van der Waals surface area contributed by atoms with Crippen molar-refractivity contribution in [3.63, 3.8) is 0 Å². The minimum absolute atomic E-state index is 0.0515. The fourth-order valence-electron chi connectivity index (χ4n) is 5.31. The summed E-state index contributed by atoms with van der Waals surface area (Å²) in [5.41, 5.74) is -2.48. The normalized spacial score (nSPS) is 33.7. The summed E-state index contributed by atoms with van der Waals surface area (Å²) in [6.45, 7) is 9.49. The van der Waals surface area contributed by atoms with Crippen LogP contribution in [0.15, 0.2) is 0 Å². The van der Waals surface area contributed by atoms with E-state index in [0.717, 1.165) is 25.7 Å². The fourth-order valence-corrected chi connectivity index (χ4v) is 5.31. The van der Waals surface area contributed by atoms with E-state index < -0.39 is 16.4 Å². The molecule has 0 N–H and O–H groups in total. The minimum atomic E-state index is -0.872. The van der Waals surface area contributed by atoms with Gasteiger partial charge in [0.05, 0.1) is 23.9 Å². The monoisotopic (exact) mass is 408 g/mol. The van der Waals surface area contributed by atoms with Gasteiger partial charge in [-0.1, -0.05) is 6.92 Å². The number of hydrogen-bond donors (Lipinski definition) is 0. The average molecular weight is 409 g/mol. The summed E-state index contributed by atoms with van der Waals surface area (Å²) in [4.78, 5) is 37.7. The lowest BCUT2D eigenvalue weighted by atomic mass is 9.72. The highest BCUT2D eigenvalue weighted by Crippen LogP contribution is 2.48. The first-order valence-corrected chi connectivity index (χ1v) is 11.1. The summed E-state index contributed by atoms with van der Waals surface area (Å²) in [7, 11) is 0. The van der Waals surface area contributed by atoms with E-state index in [0.29, 0.717) is 31.1 Å². The van der Waals surface area contributed by atoms with Crippen LogP contribution in [-0.2, 0) is 28.6 Å². The molecule has 1 aliphatic heterocycles. The number of cyclic esters (lactones) is 1. The molecule has 3 aliphatic rings. The molecule has 1 saturated heterocycles. The van der Waals surface area contributed by atoms with Gasteiger partial charge in [0.2, 0.25) is 0 Å². The van der Waals surface area contributed by atoms with Crippen molar-refractivity contribution >= 4 is 17.9 Å². The predicted molar refractivity (Wildman–Crippen MR) is 107 cm³/mol. The molecule has 3 fully saturated rings. The third-order valence-electron chi connectivity index (χ3n) is 7.40. The molecule has 0 aromatic carbocycles. The number of carbonyl (C=O) groups is 3. The lowest BCUT2D eigenvalue weighted by Crippen LogP contribution is -2.45. The maximum absolute atomic E-state index is 13.1. The minimum Gasteiger partial charge on any atom is -0.465 e. The van der Waals surface area contributed by atoms with Gasteiger partial charge in [-0.3, -0.25) is 14.4 Å².